The van der Waals surface area contributed by atoms with Crippen molar-refractivity contribution in [2.45, 2.75) is 19.0 Å². The Morgan fingerprint density at radius 2 is 1.96 bits per heavy atom. The van der Waals surface area contributed by atoms with Gasteiger partial charge in [0.2, 0.25) is 5.91 Å². The molecule has 0 radical (unpaired) electrons. The van der Waals surface area contributed by atoms with Crippen molar-refractivity contribution < 1.29 is 4.79 Å². The molecule has 1 saturated heterocycles. The molecular weight excluding hydrogens is 388 g/mol. The molecule has 0 bridgehead atoms. The van der Waals surface area contributed by atoms with Crippen LogP contribution in [0.5, 0.6) is 0 Å². The summed E-state index contributed by atoms with van der Waals surface area (Å²) in [6, 6.07) is 19.3. The number of aryl methyl sites for hydroxylation is 1. The van der Waals surface area contributed by atoms with E-state index in [1.54, 1.807) is 17.5 Å². The monoisotopic (exact) mass is 408 g/mol. The van der Waals surface area contributed by atoms with Crippen molar-refractivity contribution in [2.24, 2.45) is 0 Å². The molecule has 5 nitrogen and oxygen atoms in total. The average Bonchev–Trinajstić information content (AvgIpc) is 3.26. The molecule has 1 aliphatic rings. The van der Waals surface area contributed by atoms with E-state index in [0.29, 0.717) is 5.11 Å². The van der Waals surface area contributed by atoms with Crippen LogP contribution in [0, 0.1) is 6.92 Å². The molecule has 0 saturated carbocycles. The molecule has 3 aromatic rings. The third kappa shape index (κ3) is 3.90. The Kier molecular flexibility index (Phi) is 5.36. The fourth-order valence-corrected chi connectivity index (χ4v) is 4.71. The van der Waals surface area contributed by atoms with Crippen LogP contribution < -0.4 is 10.6 Å². The van der Waals surface area contributed by atoms with E-state index in [1.165, 1.54) is 4.88 Å². The van der Waals surface area contributed by atoms with Crippen LogP contribution in [0.2, 0.25) is 0 Å². The zero-order chi connectivity index (χ0) is 19.5. The van der Waals surface area contributed by atoms with E-state index < -0.39 is 0 Å². The van der Waals surface area contributed by atoms with Crippen LogP contribution in [0.4, 0.5) is 5.69 Å². The van der Waals surface area contributed by atoms with Crippen molar-refractivity contribution in [2.75, 3.05) is 11.9 Å². The average molecular weight is 409 g/mol. The Labute approximate surface area is 173 Å². The van der Waals surface area contributed by atoms with Crippen molar-refractivity contribution in [3.8, 4) is 0 Å². The number of pyridine rings is 1. The Morgan fingerprint density at radius 3 is 2.64 bits per heavy atom. The van der Waals surface area contributed by atoms with Gasteiger partial charge in [0.05, 0.1) is 17.8 Å². The number of aromatic nitrogens is 1. The number of anilines is 1. The van der Waals surface area contributed by atoms with Gasteiger partial charge in [-0.1, -0.05) is 24.3 Å². The van der Waals surface area contributed by atoms with E-state index in [2.05, 4.69) is 34.7 Å². The van der Waals surface area contributed by atoms with Crippen molar-refractivity contribution in [3.63, 3.8) is 0 Å². The SMILES string of the molecule is Cc1ccc([C@H]2[C@@H](c3ccccn3)NC(=S)N2CC(=O)Nc2ccccc2)s1. The normalized spacial score (nSPS) is 18.8. The number of thiocarbonyl (C=S) groups is 1. The second-order valence-electron chi connectivity index (χ2n) is 6.62. The molecule has 1 aromatic carbocycles. The Bertz CT molecular complexity index is 974. The minimum Gasteiger partial charge on any atom is -0.352 e. The molecule has 2 atom stereocenters. The number of hydrogen-bond acceptors (Lipinski definition) is 4. The van der Waals surface area contributed by atoms with Gasteiger partial charge in [-0.2, -0.15) is 0 Å². The van der Waals surface area contributed by atoms with Gasteiger partial charge in [0.25, 0.3) is 0 Å². The van der Waals surface area contributed by atoms with Crippen LogP contribution in [-0.4, -0.2) is 27.4 Å². The summed E-state index contributed by atoms with van der Waals surface area (Å²) in [5.74, 6) is -0.102. The highest BCUT2D eigenvalue weighted by atomic mass is 32.1. The number of benzene rings is 1. The summed E-state index contributed by atoms with van der Waals surface area (Å²) in [5, 5.41) is 6.87. The number of rotatable bonds is 5. The van der Waals surface area contributed by atoms with Crippen molar-refractivity contribution in [1.29, 1.82) is 0 Å². The Morgan fingerprint density at radius 1 is 1.18 bits per heavy atom. The van der Waals surface area contributed by atoms with Crippen LogP contribution in [0.15, 0.2) is 66.9 Å². The summed E-state index contributed by atoms with van der Waals surface area (Å²) in [4.78, 5) is 21.5. The smallest absolute Gasteiger partial charge is 0.244 e. The quantitative estimate of drug-likeness (QED) is 0.624. The molecule has 2 N–H and O–H groups in total. The van der Waals surface area contributed by atoms with Crippen molar-refractivity contribution in [1.82, 2.24) is 15.2 Å². The number of nitrogens with zero attached hydrogens (tertiary/aromatic N) is 2. The first-order valence-corrected chi connectivity index (χ1v) is 10.2. The summed E-state index contributed by atoms with van der Waals surface area (Å²) in [6.07, 6.45) is 1.78. The number of amides is 1. The van der Waals surface area contributed by atoms with Crippen LogP contribution >= 0.6 is 23.6 Å². The zero-order valence-corrected chi connectivity index (χ0v) is 17.0. The number of nitrogens with one attached hydrogen (secondary N) is 2. The molecule has 0 spiro atoms. The molecule has 28 heavy (non-hydrogen) atoms. The maximum Gasteiger partial charge on any atom is 0.244 e. The van der Waals surface area contributed by atoms with Crippen LogP contribution in [0.1, 0.15) is 27.5 Å². The molecule has 1 fully saturated rings. The van der Waals surface area contributed by atoms with E-state index in [0.717, 1.165) is 16.3 Å². The first-order chi connectivity index (χ1) is 13.6. The summed E-state index contributed by atoms with van der Waals surface area (Å²) >= 11 is 7.32. The van der Waals surface area contributed by atoms with Crippen molar-refractivity contribution in [3.05, 3.63) is 82.3 Å². The van der Waals surface area contributed by atoms with E-state index in [-0.39, 0.29) is 24.5 Å². The topological polar surface area (TPSA) is 57.3 Å². The van der Waals surface area contributed by atoms with Gasteiger partial charge in [-0.15, -0.1) is 11.3 Å². The minimum absolute atomic E-state index is 0.0809. The first-order valence-electron chi connectivity index (χ1n) is 9.01. The van der Waals surface area contributed by atoms with Crippen molar-refractivity contribution >= 4 is 40.3 Å². The van der Waals surface area contributed by atoms with Gasteiger partial charge in [0.1, 0.15) is 6.54 Å². The molecule has 142 valence electrons. The first kappa shape index (κ1) is 18.6. The Balaban J connectivity index is 1.61. The maximum atomic E-state index is 12.7. The van der Waals surface area contributed by atoms with E-state index in [1.807, 2.05) is 53.4 Å². The number of carbonyl (C=O) groups is 1. The maximum absolute atomic E-state index is 12.7. The van der Waals surface area contributed by atoms with Crippen LogP contribution in [0.25, 0.3) is 0 Å². The van der Waals surface area contributed by atoms with E-state index >= 15 is 0 Å². The third-order valence-electron chi connectivity index (χ3n) is 4.62. The lowest BCUT2D eigenvalue weighted by molar-refractivity contribution is -0.116. The minimum atomic E-state index is -0.102. The zero-order valence-electron chi connectivity index (χ0n) is 15.3. The van der Waals surface area contributed by atoms with Gasteiger partial charge < -0.3 is 15.5 Å². The highest BCUT2D eigenvalue weighted by Gasteiger charge is 2.41. The molecule has 4 rings (SSSR count). The molecule has 0 unspecified atom stereocenters. The van der Waals surface area contributed by atoms with Crippen LogP contribution in [-0.2, 0) is 4.79 Å². The number of para-hydroxylation sites is 1. The lowest BCUT2D eigenvalue weighted by atomic mass is 10.0. The third-order valence-corrected chi connectivity index (χ3v) is 6.05. The van der Waals surface area contributed by atoms with E-state index in [9.17, 15) is 4.79 Å². The summed E-state index contributed by atoms with van der Waals surface area (Å²) in [5.41, 5.74) is 1.68. The predicted octanol–water partition coefficient (Wildman–Crippen LogP) is 4.06. The summed E-state index contributed by atoms with van der Waals surface area (Å²) in [7, 11) is 0. The Hall–Kier alpha value is -2.77. The fourth-order valence-electron chi connectivity index (χ4n) is 3.37. The molecule has 7 heteroatoms. The standard InChI is InChI=1S/C21H20N4OS2/c1-14-10-11-17(28-14)20-19(16-9-5-6-12-22-16)24-21(27)25(20)13-18(26)23-15-7-3-2-4-8-15/h2-12,19-20H,13H2,1H3,(H,23,26)(H,24,27)/t19-,20+/m1/s1. The van der Waals surface area contributed by atoms with Gasteiger partial charge in [-0.05, 0) is 55.5 Å². The number of hydrogen-bond donors (Lipinski definition) is 2. The van der Waals surface area contributed by atoms with Gasteiger partial charge in [-0.25, -0.2) is 0 Å². The number of carbonyl (C=O) groups excluding carboxylic acids is 1. The molecule has 2 aromatic heterocycles. The summed E-state index contributed by atoms with van der Waals surface area (Å²) < 4.78 is 0. The van der Waals surface area contributed by atoms with Crippen LogP contribution in [0.3, 0.4) is 0 Å². The second kappa shape index (κ2) is 8.08. The van der Waals surface area contributed by atoms with Gasteiger partial charge in [-0.3, -0.25) is 9.78 Å². The highest BCUT2D eigenvalue weighted by Crippen LogP contribution is 2.41. The number of thiophene rings is 1. The second-order valence-corrected chi connectivity index (χ2v) is 8.32. The molecule has 3 heterocycles. The molecule has 1 amide bonds. The lowest BCUT2D eigenvalue weighted by Crippen LogP contribution is -2.36. The largest absolute Gasteiger partial charge is 0.352 e. The highest BCUT2D eigenvalue weighted by molar-refractivity contribution is 7.80. The predicted molar refractivity (Wildman–Crippen MR) is 116 cm³/mol. The van der Waals surface area contributed by atoms with Gasteiger partial charge in [0.15, 0.2) is 5.11 Å². The molecule has 0 aliphatic carbocycles. The molecule has 1 aliphatic heterocycles. The van der Waals surface area contributed by atoms with E-state index in [4.69, 9.17) is 12.2 Å². The van der Waals surface area contributed by atoms with Gasteiger partial charge in [0, 0.05) is 21.6 Å². The lowest BCUT2D eigenvalue weighted by Gasteiger charge is -2.26. The van der Waals surface area contributed by atoms with Gasteiger partial charge >= 0.3 is 0 Å². The fraction of sp³-hybridized carbons (Fsp3) is 0.190. The summed E-state index contributed by atoms with van der Waals surface area (Å²) in [6.45, 7) is 2.25. The molecular formula is C21H20N4OS2.